The number of rotatable bonds is 3. The maximum atomic E-state index is 12.0. The Labute approximate surface area is 144 Å². The normalized spacial score (nSPS) is 16.3. The molecule has 2 heterocycles. The van der Waals surface area contributed by atoms with E-state index in [1.165, 1.54) is 0 Å². The minimum absolute atomic E-state index is 0.126. The molecule has 23 heavy (non-hydrogen) atoms. The third-order valence-corrected chi connectivity index (χ3v) is 4.37. The molecule has 1 aliphatic heterocycles. The molecule has 2 aromatic rings. The van der Waals surface area contributed by atoms with E-state index >= 15 is 0 Å². The number of hydrogen-bond acceptors (Lipinski definition) is 4. The van der Waals surface area contributed by atoms with Crippen LogP contribution in [0, 0.1) is 0 Å². The number of nitrogens with zero attached hydrogens (tertiary/aromatic N) is 4. The van der Waals surface area contributed by atoms with E-state index in [9.17, 15) is 4.79 Å². The number of piperazine rings is 1. The summed E-state index contributed by atoms with van der Waals surface area (Å²) in [5, 5.41) is 8.67. The van der Waals surface area contributed by atoms with Crippen LogP contribution >= 0.6 is 15.9 Å². The second-order valence-electron chi connectivity index (χ2n) is 5.57. The summed E-state index contributed by atoms with van der Waals surface area (Å²) in [6, 6.07) is 14.0. The first kappa shape index (κ1) is 15.9. The van der Waals surface area contributed by atoms with Gasteiger partial charge < -0.3 is 9.80 Å². The van der Waals surface area contributed by atoms with Gasteiger partial charge in [0.25, 0.3) is 0 Å². The van der Waals surface area contributed by atoms with Gasteiger partial charge in [-0.3, -0.25) is 4.79 Å². The van der Waals surface area contributed by atoms with Gasteiger partial charge in [-0.2, -0.15) is 0 Å². The molecule has 0 saturated carbocycles. The minimum Gasteiger partial charge on any atom is -0.352 e. The Morgan fingerprint density at radius 3 is 2.30 bits per heavy atom. The highest BCUT2D eigenvalue weighted by Gasteiger charge is 2.24. The molecule has 1 unspecified atom stereocenters. The molecule has 0 aliphatic carbocycles. The summed E-state index contributed by atoms with van der Waals surface area (Å²) in [4.78, 5) is 15.9. The number of carbonyl (C=O) groups excluding carboxylic acids is 1. The fraction of sp³-hybridized carbons (Fsp3) is 0.353. The van der Waals surface area contributed by atoms with Gasteiger partial charge in [0.05, 0.1) is 10.5 Å². The topological polar surface area (TPSA) is 49.3 Å². The molecule has 1 aromatic carbocycles. The zero-order chi connectivity index (χ0) is 16.2. The van der Waals surface area contributed by atoms with Crippen molar-refractivity contribution in [2.24, 2.45) is 0 Å². The lowest BCUT2D eigenvalue weighted by atomic mass is 10.1. The number of carbonyl (C=O) groups is 1. The molecule has 6 heteroatoms. The highest BCUT2D eigenvalue weighted by Crippen LogP contribution is 2.19. The van der Waals surface area contributed by atoms with Gasteiger partial charge in [-0.05, 0) is 19.1 Å². The maximum absolute atomic E-state index is 12.0. The van der Waals surface area contributed by atoms with E-state index in [0.29, 0.717) is 0 Å². The molecule has 1 aromatic heterocycles. The Kier molecular flexibility index (Phi) is 4.91. The summed E-state index contributed by atoms with van der Waals surface area (Å²) in [5.41, 5.74) is 1.93. The van der Waals surface area contributed by atoms with E-state index in [1.807, 2.05) is 54.3 Å². The van der Waals surface area contributed by atoms with Crippen LogP contribution in [-0.2, 0) is 4.79 Å². The predicted octanol–water partition coefficient (Wildman–Crippen LogP) is 2.58. The molecule has 120 valence electrons. The number of halogens is 1. The van der Waals surface area contributed by atoms with Crippen LogP contribution in [0.4, 0.5) is 5.82 Å². The van der Waals surface area contributed by atoms with Crippen LogP contribution in [0.5, 0.6) is 0 Å². The van der Waals surface area contributed by atoms with Gasteiger partial charge in [-0.25, -0.2) is 0 Å². The number of amides is 1. The van der Waals surface area contributed by atoms with Crippen molar-refractivity contribution in [1.29, 1.82) is 0 Å². The first-order valence-corrected chi connectivity index (χ1v) is 8.63. The van der Waals surface area contributed by atoms with E-state index < -0.39 is 0 Å². The molecule has 1 aliphatic rings. The molecule has 3 rings (SSSR count). The average molecular weight is 375 g/mol. The van der Waals surface area contributed by atoms with Crippen molar-refractivity contribution in [1.82, 2.24) is 15.1 Å². The third-order valence-electron chi connectivity index (χ3n) is 3.98. The van der Waals surface area contributed by atoms with Gasteiger partial charge in [0.2, 0.25) is 5.91 Å². The second kappa shape index (κ2) is 7.08. The minimum atomic E-state index is -0.126. The van der Waals surface area contributed by atoms with Gasteiger partial charge in [-0.1, -0.05) is 46.3 Å². The van der Waals surface area contributed by atoms with Crippen molar-refractivity contribution in [3.8, 4) is 11.3 Å². The zero-order valence-electron chi connectivity index (χ0n) is 13.0. The van der Waals surface area contributed by atoms with Crippen LogP contribution in [0.3, 0.4) is 0 Å². The fourth-order valence-electron chi connectivity index (χ4n) is 2.66. The first-order valence-electron chi connectivity index (χ1n) is 7.72. The molecule has 0 radical (unpaired) electrons. The monoisotopic (exact) mass is 374 g/mol. The number of aromatic nitrogens is 2. The maximum Gasteiger partial charge on any atom is 0.236 e. The van der Waals surface area contributed by atoms with E-state index in [1.54, 1.807) is 0 Å². The lowest BCUT2D eigenvalue weighted by Crippen LogP contribution is -2.50. The van der Waals surface area contributed by atoms with Crippen molar-refractivity contribution in [2.75, 3.05) is 31.1 Å². The molecule has 1 saturated heterocycles. The van der Waals surface area contributed by atoms with Crippen molar-refractivity contribution >= 4 is 27.7 Å². The summed E-state index contributed by atoms with van der Waals surface area (Å²) in [6.45, 7) is 4.87. The average Bonchev–Trinajstić information content (AvgIpc) is 2.62. The van der Waals surface area contributed by atoms with E-state index in [-0.39, 0.29) is 10.7 Å². The summed E-state index contributed by atoms with van der Waals surface area (Å²) >= 11 is 3.34. The first-order chi connectivity index (χ1) is 11.1. The van der Waals surface area contributed by atoms with Crippen molar-refractivity contribution in [3.05, 3.63) is 42.5 Å². The predicted molar refractivity (Wildman–Crippen MR) is 94.7 cm³/mol. The smallest absolute Gasteiger partial charge is 0.236 e. The SMILES string of the molecule is CC(Br)C(=O)N1CCN(c2ccc(-c3ccccc3)nn2)CC1. The number of alkyl halides is 1. The van der Waals surface area contributed by atoms with Gasteiger partial charge in [0.15, 0.2) is 5.82 Å². The Balaban J connectivity index is 1.64. The van der Waals surface area contributed by atoms with Gasteiger partial charge in [0.1, 0.15) is 0 Å². The Hall–Kier alpha value is -1.95. The molecular formula is C17H19BrN4O. The molecule has 1 atom stereocenters. The third kappa shape index (κ3) is 3.69. The van der Waals surface area contributed by atoms with Gasteiger partial charge in [0, 0.05) is 31.7 Å². The van der Waals surface area contributed by atoms with Crippen LogP contribution in [0.15, 0.2) is 42.5 Å². The van der Waals surface area contributed by atoms with Gasteiger partial charge >= 0.3 is 0 Å². The van der Waals surface area contributed by atoms with Crippen molar-refractivity contribution in [2.45, 2.75) is 11.8 Å². The lowest BCUT2D eigenvalue weighted by Gasteiger charge is -2.35. The van der Waals surface area contributed by atoms with Crippen molar-refractivity contribution < 1.29 is 4.79 Å². The Morgan fingerprint density at radius 1 is 1.04 bits per heavy atom. The largest absolute Gasteiger partial charge is 0.352 e. The quantitative estimate of drug-likeness (QED) is 0.774. The van der Waals surface area contributed by atoms with Crippen molar-refractivity contribution in [3.63, 3.8) is 0 Å². The number of anilines is 1. The van der Waals surface area contributed by atoms with Crippen LogP contribution in [0.25, 0.3) is 11.3 Å². The highest BCUT2D eigenvalue weighted by atomic mass is 79.9. The summed E-state index contributed by atoms with van der Waals surface area (Å²) in [7, 11) is 0. The van der Waals surface area contributed by atoms with Crippen LogP contribution < -0.4 is 4.90 Å². The zero-order valence-corrected chi connectivity index (χ0v) is 14.6. The fourth-order valence-corrected chi connectivity index (χ4v) is 2.95. The van der Waals surface area contributed by atoms with Crippen LogP contribution in [0.2, 0.25) is 0 Å². The second-order valence-corrected chi connectivity index (χ2v) is 6.94. The molecular weight excluding hydrogens is 356 g/mol. The van der Waals surface area contributed by atoms with E-state index in [2.05, 4.69) is 31.0 Å². The number of hydrogen-bond donors (Lipinski definition) is 0. The highest BCUT2D eigenvalue weighted by molar-refractivity contribution is 9.10. The molecule has 5 nitrogen and oxygen atoms in total. The van der Waals surface area contributed by atoms with Crippen LogP contribution in [-0.4, -0.2) is 52.0 Å². The summed E-state index contributed by atoms with van der Waals surface area (Å²) in [6.07, 6.45) is 0. The molecule has 0 spiro atoms. The standard InChI is InChI=1S/C17H19BrN4O/c1-13(18)17(23)22-11-9-21(10-12-22)16-8-7-15(19-20-16)14-5-3-2-4-6-14/h2-8,13H,9-12H2,1H3. The molecule has 0 N–H and O–H groups in total. The van der Waals surface area contributed by atoms with E-state index in [4.69, 9.17) is 0 Å². The molecule has 1 fully saturated rings. The van der Waals surface area contributed by atoms with Crippen LogP contribution in [0.1, 0.15) is 6.92 Å². The summed E-state index contributed by atoms with van der Waals surface area (Å²) < 4.78 is 0. The molecule has 0 bridgehead atoms. The Morgan fingerprint density at radius 2 is 1.74 bits per heavy atom. The Bertz CT molecular complexity index is 652. The summed E-state index contributed by atoms with van der Waals surface area (Å²) in [5.74, 6) is 1.01. The van der Waals surface area contributed by atoms with Gasteiger partial charge in [-0.15, -0.1) is 10.2 Å². The number of benzene rings is 1. The molecule has 1 amide bonds. The van der Waals surface area contributed by atoms with E-state index in [0.717, 1.165) is 43.3 Å². The lowest BCUT2D eigenvalue weighted by molar-refractivity contribution is -0.130.